The largest absolute Gasteiger partial charge is 0.359 e. The second-order valence-corrected chi connectivity index (χ2v) is 5.98. The second-order valence-electron chi connectivity index (χ2n) is 5.98. The van der Waals surface area contributed by atoms with Gasteiger partial charge in [0.05, 0.1) is 6.54 Å². The quantitative estimate of drug-likeness (QED) is 0.748. The minimum Gasteiger partial charge on any atom is -0.359 e. The predicted octanol–water partition coefficient (Wildman–Crippen LogP) is 0.701. The van der Waals surface area contributed by atoms with Crippen LogP contribution in [0, 0.1) is 0 Å². The third-order valence-corrected chi connectivity index (χ3v) is 4.26. The maximum absolute atomic E-state index is 11.8. The number of fused-ring (bicyclic) bond motifs is 1. The van der Waals surface area contributed by atoms with Gasteiger partial charge in [0.1, 0.15) is 5.69 Å². The van der Waals surface area contributed by atoms with Crippen LogP contribution in [0.5, 0.6) is 0 Å². The number of piperazine rings is 1. The van der Waals surface area contributed by atoms with Gasteiger partial charge in [-0.05, 0) is 19.1 Å². The molecule has 1 saturated heterocycles. The highest BCUT2D eigenvalue weighted by Gasteiger charge is 2.28. The molecule has 3 N–H and O–H groups in total. The lowest BCUT2D eigenvalue weighted by Crippen LogP contribution is -2.50. The van der Waals surface area contributed by atoms with E-state index in [1.54, 1.807) is 12.4 Å². The van der Waals surface area contributed by atoms with Crippen molar-refractivity contribution in [1.29, 1.82) is 0 Å². The lowest BCUT2D eigenvalue weighted by Gasteiger charge is -2.37. The number of carbonyl (C=O) groups excluding carboxylic acids is 1. The molecule has 1 fully saturated rings. The lowest BCUT2D eigenvalue weighted by atomic mass is 10.2. The number of carbonyl (C=O) groups is 1. The van der Waals surface area contributed by atoms with Crippen LogP contribution in [0.4, 0.5) is 17.3 Å². The Balaban J connectivity index is 1.84. The average Bonchev–Trinajstić information content (AvgIpc) is 2.62. The third kappa shape index (κ3) is 2.65. The fourth-order valence-corrected chi connectivity index (χ4v) is 3.03. The van der Waals surface area contributed by atoms with Crippen molar-refractivity contribution >= 4 is 23.2 Å². The zero-order valence-corrected chi connectivity index (χ0v) is 13.4. The smallest absolute Gasteiger partial charge is 0.243 e. The van der Waals surface area contributed by atoms with E-state index in [0.717, 1.165) is 31.0 Å². The first kappa shape index (κ1) is 14.8. The highest BCUT2D eigenvalue weighted by atomic mass is 16.2. The van der Waals surface area contributed by atoms with Gasteiger partial charge in [-0.2, -0.15) is 0 Å². The number of hydrogen-bond acceptors (Lipinski definition) is 7. The summed E-state index contributed by atoms with van der Waals surface area (Å²) in [4.78, 5) is 27.5. The van der Waals surface area contributed by atoms with E-state index in [2.05, 4.69) is 37.7 Å². The second kappa shape index (κ2) is 6.04. The Bertz CT molecular complexity index is 765. The maximum Gasteiger partial charge on any atom is 0.243 e. The van der Waals surface area contributed by atoms with Crippen LogP contribution in [0.15, 0.2) is 24.5 Å². The average molecular weight is 325 g/mol. The van der Waals surface area contributed by atoms with E-state index < -0.39 is 0 Å². The molecule has 1 amide bonds. The Morgan fingerprint density at radius 1 is 1.33 bits per heavy atom. The van der Waals surface area contributed by atoms with Gasteiger partial charge in [0.15, 0.2) is 17.5 Å². The summed E-state index contributed by atoms with van der Waals surface area (Å²) in [6, 6.07) is 4.07. The Kier molecular flexibility index (Phi) is 3.73. The van der Waals surface area contributed by atoms with Gasteiger partial charge in [-0.25, -0.2) is 9.97 Å². The Labute approximate surface area is 139 Å². The molecule has 2 aliphatic heterocycles. The predicted molar refractivity (Wildman–Crippen MR) is 92.1 cm³/mol. The van der Waals surface area contributed by atoms with Crippen molar-refractivity contribution < 1.29 is 4.79 Å². The zero-order chi connectivity index (χ0) is 16.5. The number of amides is 1. The Morgan fingerprint density at radius 3 is 3.04 bits per heavy atom. The van der Waals surface area contributed by atoms with Gasteiger partial charge in [0.2, 0.25) is 5.91 Å². The monoisotopic (exact) mass is 325 g/mol. The van der Waals surface area contributed by atoms with Crippen LogP contribution < -0.4 is 20.9 Å². The summed E-state index contributed by atoms with van der Waals surface area (Å²) in [5, 5.41) is 9.38. The SMILES string of the molecule is CC1CNCCN1c1nc(-c2cccnc2)nc2c1NC(=O)CN2. The maximum atomic E-state index is 11.8. The summed E-state index contributed by atoms with van der Waals surface area (Å²) in [6.07, 6.45) is 3.47. The highest BCUT2D eigenvalue weighted by Crippen LogP contribution is 2.35. The molecule has 8 heteroatoms. The fourth-order valence-electron chi connectivity index (χ4n) is 3.03. The Morgan fingerprint density at radius 2 is 2.25 bits per heavy atom. The summed E-state index contributed by atoms with van der Waals surface area (Å²) in [5.41, 5.74) is 1.51. The number of nitrogens with one attached hydrogen (secondary N) is 3. The molecule has 2 aromatic heterocycles. The molecule has 1 atom stereocenters. The van der Waals surface area contributed by atoms with Gasteiger partial charge in [0, 0.05) is 43.6 Å². The van der Waals surface area contributed by atoms with Crippen molar-refractivity contribution in [2.45, 2.75) is 13.0 Å². The number of nitrogens with zero attached hydrogens (tertiary/aromatic N) is 4. The normalized spacial score (nSPS) is 20.1. The summed E-state index contributed by atoms with van der Waals surface area (Å²) >= 11 is 0. The minimum atomic E-state index is -0.0794. The van der Waals surface area contributed by atoms with Gasteiger partial charge in [-0.3, -0.25) is 9.78 Å². The van der Waals surface area contributed by atoms with E-state index >= 15 is 0 Å². The van der Waals surface area contributed by atoms with Crippen LogP contribution in [-0.2, 0) is 4.79 Å². The molecular formula is C16H19N7O. The third-order valence-electron chi connectivity index (χ3n) is 4.26. The lowest BCUT2D eigenvalue weighted by molar-refractivity contribution is -0.114. The summed E-state index contributed by atoms with van der Waals surface area (Å²) < 4.78 is 0. The highest BCUT2D eigenvalue weighted by molar-refractivity contribution is 6.03. The zero-order valence-electron chi connectivity index (χ0n) is 13.4. The van der Waals surface area contributed by atoms with E-state index in [4.69, 9.17) is 4.98 Å². The van der Waals surface area contributed by atoms with Crippen molar-refractivity contribution in [3.63, 3.8) is 0 Å². The number of aromatic nitrogens is 3. The van der Waals surface area contributed by atoms with Crippen LogP contribution in [0.25, 0.3) is 11.4 Å². The van der Waals surface area contributed by atoms with Gasteiger partial charge in [-0.1, -0.05) is 0 Å². The molecule has 1 unspecified atom stereocenters. The molecule has 0 aliphatic carbocycles. The fraction of sp³-hybridized carbons (Fsp3) is 0.375. The number of hydrogen-bond donors (Lipinski definition) is 3. The van der Waals surface area contributed by atoms with Gasteiger partial charge in [-0.15, -0.1) is 0 Å². The van der Waals surface area contributed by atoms with Crippen LogP contribution >= 0.6 is 0 Å². The van der Waals surface area contributed by atoms with Gasteiger partial charge < -0.3 is 20.9 Å². The van der Waals surface area contributed by atoms with E-state index in [0.29, 0.717) is 17.3 Å². The molecule has 0 aromatic carbocycles. The van der Waals surface area contributed by atoms with E-state index in [-0.39, 0.29) is 18.5 Å². The van der Waals surface area contributed by atoms with Crippen molar-refractivity contribution in [1.82, 2.24) is 20.3 Å². The van der Waals surface area contributed by atoms with E-state index in [1.807, 2.05) is 12.1 Å². The molecule has 4 heterocycles. The topological polar surface area (TPSA) is 95.1 Å². The van der Waals surface area contributed by atoms with Gasteiger partial charge in [0.25, 0.3) is 0 Å². The molecule has 0 bridgehead atoms. The Hall–Kier alpha value is -2.74. The van der Waals surface area contributed by atoms with E-state index in [1.165, 1.54) is 0 Å². The van der Waals surface area contributed by atoms with Crippen LogP contribution in [0.2, 0.25) is 0 Å². The standard InChI is InChI=1S/C16H19N7O/c1-10-7-18-5-6-23(10)16-13-15(19-9-12(24)20-13)21-14(22-16)11-3-2-4-17-8-11/h2-4,8,10,18H,5-7,9H2,1H3,(H,20,24)(H,19,21,22). The van der Waals surface area contributed by atoms with Crippen LogP contribution in [0.3, 0.4) is 0 Å². The summed E-state index contributed by atoms with van der Waals surface area (Å²) in [7, 11) is 0. The molecule has 0 radical (unpaired) electrons. The molecule has 4 rings (SSSR count). The number of rotatable bonds is 2. The van der Waals surface area contributed by atoms with Gasteiger partial charge >= 0.3 is 0 Å². The number of pyridine rings is 1. The molecule has 8 nitrogen and oxygen atoms in total. The molecule has 2 aliphatic rings. The first-order chi connectivity index (χ1) is 11.7. The van der Waals surface area contributed by atoms with Crippen molar-refractivity contribution in [2.24, 2.45) is 0 Å². The molecule has 0 saturated carbocycles. The molecular weight excluding hydrogens is 306 g/mol. The van der Waals surface area contributed by atoms with Crippen LogP contribution in [-0.4, -0.2) is 53.1 Å². The summed E-state index contributed by atoms with van der Waals surface area (Å²) in [5.74, 6) is 1.94. The van der Waals surface area contributed by atoms with E-state index in [9.17, 15) is 4.79 Å². The molecule has 124 valence electrons. The van der Waals surface area contributed by atoms with Crippen molar-refractivity contribution in [3.8, 4) is 11.4 Å². The molecule has 0 spiro atoms. The first-order valence-electron chi connectivity index (χ1n) is 8.06. The number of anilines is 3. The molecule has 24 heavy (non-hydrogen) atoms. The van der Waals surface area contributed by atoms with Crippen molar-refractivity contribution in [2.75, 3.05) is 41.7 Å². The minimum absolute atomic E-state index is 0.0794. The molecule has 2 aromatic rings. The van der Waals surface area contributed by atoms with Crippen LogP contribution in [0.1, 0.15) is 6.92 Å². The summed E-state index contributed by atoms with van der Waals surface area (Å²) in [6.45, 7) is 4.94. The first-order valence-corrected chi connectivity index (χ1v) is 8.06. The van der Waals surface area contributed by atoms with Crippen molar-refractivity contribution in [3.05, 3.63) is 24.5 Å².